The van der Waals surface area contributed by atoms with Crippen LogP contribution in [0.3, 0.4) is 0 Å². The lowest BCUT2D eigenvalue weighted by molar-refractivity contribution is 0.0657. The lowest BCUT2D eigenvalue weighted by atomic mass is 9.96. The number of furan rings is 1. The van der Waals surface area contributed by atoms with Crippen molar-refractivity contribution in [2.24, 2.45) is 4.99 Å². The van der Waals surface area contributed by atoms with Crippen molar-refractivity contribution in [2.75, 3.05) is 26.2 Å². The summed E-state index contributed by atoms with van der Waals surface area (Å²) in [6.45, 7) is 10.0. The molecule has 0 aliphatic carbocycles. The van der Waals surface area contributed by atoms with Crippen molar-refractivity contribution < 1.29 is 14.3 Å². The zero-order chi connectivity index (χ0) is 20.4. The molecule has 7 heteroatoms. The number of aliphatic hydroxyl groups is 1. The van der Waals surface area contributed by atoms with Crippen LogP contribution in [0.15, 0.2) is 45.8 Å². The molecule has 1 heterocycles. The summed E-state index contributed by atoms with van der Waals surface area (Å²) in [4.78, 5) is 4.55. The van der Waals surface area contributed by atoms with Crippen molar-refractivity contribution in [1.29, 1.82) is 0 Å². The van der Waals surface area contributed by atoms with Gasteiger partial charge in [0.05, 0.1) is 13.2 Å². The predicted molar refractivity (Wildman–Crippen MR) is 128 cm³/mol. The summed E-state index contributed by atoms with van der Waals surface area (Å²) >= 11 is 0. The largest absolute Gasteiger partial charge is 0.494 e. The van der Waals surface area contributed by atoms with Crippen molar-refractivity contribution in [3.8, 4) is 5.75 Å². The van der Waals surface area contributed by atoms with Crippen LogP contribution >= 0.6 is 24.0 Å². The second kappa shape index (κ2) is 12.7. The molecule has 162 valence electrons. The Morgan fingerprint density at radius 2 is 1.90 bits per heavy atom. The van der Waals surface area contributed by atoms with E-state index in [1.54, 1.807) is 6.92 Å². The third-order valence-corrected chi connectivity index (χ3v) is 4.39. The quantitative estimate of drug-likeness (QED) is 0.192. The van der Waals surface area contributed by atoms with Crippen LogP contribution in [-0.4, -0.2) is 37.3 Å². The van der Waals surface area contributed by atoms with Gasteiger partial charge >= 0.3 is 0 Å². The van der Waals surface area contributed by atoms with Gasteiger partial charge in [-0.25, -0.2) is 4.99 Å². The van der Waals surface area contributed by atoms with Gasteiger partial charge in [-0.2, -0.15) is 0 Å². The van der Waals surface area contributed by atoms with Gasteiger partial charge in [0.15, 0.2) is 5.96 Å². The molecule has 0 saturated carbocycles. The number of halogens is 1. The Kier molecular flexibility index (Phi) is 11.1. The number of guanidine groups is 1. The van der Waals surface area contributed by atoms with Gasteiger partial charge in [-0.15, -0.1) is 24.0 Å². The Morgan fingerprint density at radius 3 is 2.52 bits per heavy atom. The molecule has 1 aromatic heterocycles. The lowest BCUT2D eigenvalue weighted by Gasteiger charge is -2.21. The number of benzene rings is 1. The normalized spacial score (nSPS) is 13.3. The molecule has 0 radical (unpaired) electrons. The number of ether oxygens (including phenoxy) is 1. The number of aliphatic imine (C=N–C) groups is 1. The summed E-state index contributed by atoms with van der Waals surface area (Å²) in [6.07, 6.45) is 1.92. The number of para-hydroxylation sites is 1. The van der Waals surface area contributed by atoms with E-state index in [1.165, 1.54) is 0 Å². The molecule has 1 aromatic carbocycles. The van der Waals surface area contributed by atoms with Gasteiger partial charge in [-0.1, -0.05) is 18.2 Å². The Labute approximate surface area is 191 Å². The third kappa shape index (κ3) is 8.65. The number of hydrogen-bond donors (Lipinski definition) is 3. The maximum absolute atomic E-state index is 10.8. The predicted octanol–water partition coefficient (Wildman–Crippen LogP) is 4.14. The summed E-state index contributed by atoms with van der Waals surface area (Å²) in [7, 11) is 0. The van der Waals surface area contributed by atoms with E-state index >= 15 is 0 Å². The standard InChI is InChI=1S/C22H33N3O3.HI/c1-5-23-21(24-13-9-10-14-27-19-11-7-6-8-12-19)25-16-22(4,26)20-15-17(2)28-18(20)3;/h6-8,11-12,15,26H,5,9-10,13-14,16H2,1-4H3,(H2,23,24,25);1H. The minimum absolute atomic E-state index is 0. The molecule has 3 N–H and O–H groups in total. The summed E-state index contributed by atoms with van der Waals surface area (Å²) in [6, 6.07) is 11.7. The van der Waals surface area contributed by atoms with E-state index in [9.17, 15) is 5.11 Å². The van der Waals surface area contributed by atoms with E-state index in [1.807, 2.05) is 57.2 Å². The molecule has 0 fully saturated rings. The molecule has 2 rings (SSSR count). The van der Waals surface area contributed by atoms with E-state index in [0.29, 0.717) is 12.6 Å². The van der Waals surface area contributed by atoms with Crippen molar-refractivity contribution in [1.82, 2.24) is 10.6 Å². The second-order valence-corrected chi connectivity index (χ2v) is 7.09. The molecule has 1 atom stereocenters. The molecule has 1 unspecified atom stereocenters. The zero-order valence-electron chi connectivity index (χ0n) is 17.8. The first-order chi connectivity index (χ1) is 13.4. The van der Waals surface area contributed by atoms with Crippen molar-refractivity contribution in [3.63, 3.8) is 0 Å². The fourth-order valence-electron chi connectivity index (χ4n) is 2.97. The van der Waals surface area contributed by atoms with Gasteiger partial charge in [0.25, 0.3) is 0 Å². The van der Waals surface area contributed by atoms with Crippen LogP contribution in [0.25, 0.3) is 0 Å². The Hall–Kier alpha value is -1.74. The van der Waals surface area contributed by atoms with Gasteiger partial charge in [-0.05, 0) is 58.7 Å². The van der Waals surface area contributed by atoms with Crippen LogP contribution in [0.5, 0.6) is 5.75 Å². The van der Waals surface area contributed by atoms with Gasteiger partial charge in [0, 0.05) is 18.7 Å². The first-order valence-electron chi connectivity index (χ1n) is 9.92. The Morgan fingerprint density at radius 1 is 1.17 bits per heavy atom. The molecule has 2 aromatic rings. The molecular formula is C22H34IN3O3. The van der Waals surface area contributed by atoms with Crippen molar-refractivity contribution in [3.05, 3.63) is 53.5 Å². The van der Waals surface area contributed by atoms with Crippen LogP contribution < -0.4 is 15.4 Å². The van der Waals surface area contributed by atoms with E-state index < -0.39 is 5.60 Å². The van der Waals surface area contributed by atoms with Gasteiger partial charge < -0.3 is 24.9 Å². The fourth-order valence-corrected chi connectivity index (χ4v) is 2.97. The number of rotatable bonds is 10. The molecule has 6 nitrogen and oxygen atoms in total. The molecule has 0 amide bonds. The number of hydrogen-bond acceptors (Lipinski definition) is 4. The zero-order valence-corrected chi connectivity index (χ0v) is 20.2. The van der Waals surface area contributed by atoms with Crippen LogP contribution in [0.2, 0.25) is 0 Å². The highest BCUT2D eigenvalue weighted by atomic mass is 127. The molecule has 0 saturated heterocycles. The highest BCUT2D eigenvalue weighted by Crippen LogP contribution is 2.27. The Bertz CT molecular complexity index is 745. The minimum Gasteiger partial charge on any atom is -0.494 e. The first kappa shape index (κ1) is 25.3. The number of unbranched alkanes of at least 4 members (excludes halogenated alkanes) is 1. The summed E-state index contributed by atoms with van der Waals surface area (Å²) in [5, 5.41) is 17.3. The number of aryl methyl sites for hydroxylation is 2. The molecular weight excluding hydrogens is 481 g/mol. The maximum atomic E-state index is 10.8. The summed E-state index contributed by atoms with van der Waals surface area (Å²) in [5.74, 6) is 3.12. The van der Waals surface area contributed by atoms with Crippen molar-refractivity contribution >= 4 is 29.9 Å². The van der Waals surface area contributed by atoms with Crippen LogP contribution in [0.4, 0.5) is 0 Å². The van der Waals surface area contributed by atoms with E-state index in [-0.39, 0.29) is 30.5 Å². The fraction of sp³-hybridized carbons (Fsp3) is 0.500. The topological polar surface area (TPSA) is 79.0 Å². The number of nitrogens with zero attached hydrogens (tertiary/aromatic N) is 1. The lowest BCUT2D eigenvalue weighted by Crippen LogP contribution is -2.39. The minimum atomic E-state index is -1.08. The highest BCUT2D eigenvalue weighted by molar-refractivity contribution is 14.0. The van der Waals surface area contributed by atoms with Crippen LogP contribution in [0.1, 0.15) is 43.8 Å². The summed E-state index contributed by atoms with van der Waals surface area (Å²) < 4.78 is 11.2. The van der Waals surface area contributed by atoms with Gasteiger partial charge in [-0.3, -0.25) is 0 Å². The van der Waals surface area contributed by atoms with E-state index in [4.69, 9.17) is 9.15 Å². The molecule has 0 aliphatic rings. The molecule has 0 bridgehead atoms. The number of nitrogens with one attached hydrogen (secondary N) is 2. The van der Waals surface area contributed by atoms with E-state index in [2.05, 4.69) is 15.6 Å². The Balaban J connectivity index is 0.00000420. The summed E-state index contributed by atoms with van der Waals surface area (Å²) in [5.41, 5.74) is -0.295. The van der Waals surface area contributed by atoms with Gasteiger partial charge in [0.2, 0.25) is 0 Å². The highest BCUT2D eigenvalue weighted by Gasteiger charge is 2.27. The average molecular weight is 515 g/mol. The first-order valence-corrected chi connectivity index (χ1v) is 9.92. The SMILES string of the molecule is CCNC(=NCC(C)(O)c1cc(C)oc1C)NCCCCOc1ccccc1.I. The second-order valence-electron chi connectivity index (χ2n) is 7.09. The van der Waals surface area contributed by atoms with Gasteiger partial charge in [0.1, 0.15) is 22.9 Å². The van der Waals surface area contributed by atoms with Crippen LogP contribution in [0, 0.1) is 13.8 Å². The monoisotopic (exact) mass is 515 g/mol. The van der Waals surface area contributed by atoms with E-state index in [0.717, 1.165) is 48.8 Å². The van der Waals surface area contributed by atoms with Crippen molar-refractivity contribution in [2.45, 2.75) is 46.1 Å². The smallest absolute Gasteiger partial charge is 0.191 e. The third-order valence-electron chi connectivity index (χ3n) is 4.39. The maximum Gasteiger partial charge on any atom is 0.191 e. The average Bonchev–Trinajstić information content (AvgIpc) is 3.02. The molecule has 0 spiro atoms. The van der Waals surface area contributed by atoms with Crippen LogP contribution in [-0.2, 0) is 5.60 Å². The molecule has 29 heavy (non-hydrogen) atoms. The molecule has 0 aliphatic heterocycles.